The van der Waals surface area contributed by atoms with Crippen molar-refractivity contribution in [1.82, 2.24) is 14.9 Å². The minimum Gasteiger partial charge on any atom is -0.381 e. The van der Waals surface area contributed by atoms with Crippen LogP contribution < -0.4 is 5.32 Å². The Morgan fingerprint density at radius 2 is 1.97 bits per heavy atom. The van der Waals surface area contributed by atoms with Crippen molar-refractivity contribution < 1.29 is 9.53 Å². The number of benzene rings is 2. The molecule has 2 aromatic carbocycles. The summed E-state index contributed by atoms with van der Waals surface area (Å²) in [5.41, 5.74) is 6.17. The molecule has 0 bridgehead atoms. The Bertz CT molecular complexity index is 1300. The van der Waals surface area contributed by atoms with Gasteiger partial charge in [0.15, 0.2) is 0 Å². The number of aromatic nitrogens is 2. The lowest BCUT2D eigenvalue weighted by Crippen LogP contribution is -2.36. The lowest BCUT2D eigenvalue weighted by atomic mass is 9.96. The van der Waals surface area contributed by atoms with Crippen LogP contribution in [-0.4, -0.2) is 47.1 Å². The Morgan fingerprint density at radius 1 is 1.09 bits per heavy atom. The Kier molecular flexibility index (Phi) is 7.00. The molecule has 6 heteroatoms. The molecule has 0 spiro atoms. The van der Waals surface area contributed by atoms with E-state index < -0.39 is 0 Å². The molecule has 2 aromatic heterocycles. The Labute approximate surface area is 206 Å². The highest BCUT2D eigenvalue weighted by atomic mass is 16.5. The van der Waals surface area contributed by atoms with Gasteiger partial charge in [-0.2, -0.15) is 0 Å². The maximum absolute atomic E-state index is 13.5. The largest absolute Gasteiger partial charge is 0.381 e. The molecule has 0 saturated carbocycles. The number of fused-ring (bicyclic) bond motifs is 1. The summed E-state index contributed by atoms with van der Waals surface area (Å²) in [7, 11) is 0. The lowest BCUT2D eigenvalue weighted by Gasteiger charge is -2.24. The number of nitrogens with one attached hydrogen (secondary N) is 1. The van der Waals surface area contributed by atoms with Gasteiger partial charge in [-0.15, -0.1) is 0 Å². The Morgan fingerprint density at radius 3 is 2.86 bits per heavy atom. The number of nitrogens with zero attached hydrogens (tertiary/aromatic N) is 3. The van der Waals surface area contributed by atoms with Crippen LogP contribution in [0.5, 0.6) is 0 Å². The minimum atomic E-state index is 0.0482. The van der Waals surface area contributed by atoms with Crippen molar-refractivity contribution in [2.24, 2.45) is 5.92 Å². The number of carbonyl (C=O) groups is 1. The van der Waals surface area contributed by atoms with Crippen molar-refractivity contribution in [3.8, 4) is 0 Å². The first-order chi connectivity index (χ1) is 17.2. The number of anilines is 1. The molecular formula is C29H30N4O2. The maximum atomic E-state index is 13.5. The summed E-state index contributed by atoms with van der Waals surface area (Å²) < 4.78 is 5.91. The van der Waals surface area contributed by atoms with Crippen LogP contribution in [0.4, 0.5) is 5.69 Å². The SMILES string of the molecule is Cc1ccc(C(=O)N2CCOCC(Cc3cccc4ncccc34)C2)cc1NCc1ccncc1. The fourth-order valence-electron chi connectivity index (χ4n) is 4.67. The predicted molar refractivity (Wildman–Crippen MR) is 138 cm³/mol. The van der Waals surface area contributed by atoms with Gasteiger partial charge in [-0.1, -0.05) is 24.3 Å². The van der Waals surface area contributed by atoms with E-state index in [1.54, 1.807) is 12.4 Å². The van der Waals surface area contributed by atoms with E-state index in [1.807, 2.05) is 53.6 Å². The van der Waals surface area contributed by atoms with Gasteiger partial charge in [0, 0.05) is 60.8 Å². The molecule has 1 N–H and O–H groups in total. The van der Waals surface area contributed by atoms with Crippen molar-refractivity contribution in [1.29, 1.82) is 0 Å². The van der Waals surface area contributed by atoms with Crippen molar-refractivity contribution in [2.75, 3.05) is 31.6 Å². The molecule has 1 unspecified atom stereocenters. The zero-order valence-corrected chi connectivity index (χ0v) is 20.0. The summed E-state index contributed by atoms with van der Waals surface area (Å²) in [6, 6.07) is 20.2. The van der Waals surface area contributed by atoms with Crippen molar-refractivity contribution in [3.63, 3.8) is 0 Å². The van der Waals surface area contributed by atoms with Crippen LogP contribution in [0, 0.1) is 12.8 Å². The van der Waals surface area contributed by atoms with Crippen LogP contribution in [0.25, 0.3) is 10.9 Å². The highest BCUT2D eigenvalue weighted by molar-refractivity contribution is 5.95. The highest BCUT2D eigenvalue weighted by Crippen LogP contribution is 2.23. The molecular weight excluding hydrogens is 436 g/mol. The van der Waals surface area contributed by atoms with E-state index in [-0.39, 0.29) is 11.8 Å². The molecule has 1 fully saturated rings. The molecule has 3 heterocycles. The fourth-order valence-corrected chi connectivity index (χ4v) is 4.67. The first-order valence-electron chi connectivity index (χ1n) is 12.1. The molecule has 178 valence electrons. The molecule has 1 amide bonds. The third-order valence-electron chi connectivity index (χ3n) is 6.59. The average molecular weight is 467 g/mol. The van der Waals surface area contributed by atoms with Crippen LogP contribution in [0.15, 0.2) is 79.3 Å². The number of hydrogen-bond acceptors (Lipinski definition) is 5. The minimum absolute atomic E-state index is 0.0482. The summed E-state index contributed by atoms with van der Waals surface area (Å²) in [6.45, 7) is 5.20. The number of ether oxygens (including phenoxy) is 1. The third kappa shape index (κ3) is 5.49. The van der Waals surface area contributed by atoms with E-state index in [0.29, 0.717) is 38.4 Å². The molecule has 1 saturated heterocycles. The topological polar surface area (TPSA) is 67.4 Å². The van der Waals surface area contributed by atoms with E-state index in [2.05, 4.69) is 40.4 Å². The molecule has 0 radical (unpaired) electrons. The van der Waals surface area contributed by atoms with Crippen LogP contribution in [-0.2, 0) is 17.7 Å². The zero-order chi connectivity index (χ0) is 24.0. The van der Waals surface area contributed by atoms with Gasteiger partial charge in [-0.05, 0) is 66.4 Å². The average Bonchev–Trinajstić information content (AvgIpc) is 3.14. The van der Waals surface area contributed by atoms with Crippen LogP contribution >= 0.6 is 0 Å². The van der Waals surface area contributed by atoms with Crippen LogP contribution in [0.2, 0.25) is 0 Å². The van der Waals surface area contributed by atoms with Gasteiger partial charge < -0.3 is 15.0 Å². The molecule has 4 aromatic rings. The molecule has 1 aliphatic rings. The van der Waals surface area contributed by atoms with E-state index >= 15 is 0 Å². The first-order valence-corrected chi connectivity index (χ1v) is 12.1. The number of rotatable bonds is 6. The Balaban J connectivity index is 1.30. The van der Waals surface area contributed by atoms with Crippen molar-refractivity contribution >= 4 is 22.5 Å². The molecule has 6 nitrogen and oxygen atoms in total. The van der Waals surface area contributed by atoms with Gasteiger partial charge in [0.1, 0.15) is 0 Å². The van der Waals surface area contributed by atoms with E-state index in [9.17, 15) is 4.79 Å². The van der Waals surface area contributed by atoms with E-state index in [4.69, 9.17) is 4.74 Å². The second kappa shape index (κ2) is 10.7. The Hall–Kier alpha value is -3.77. The van der Waals surface area contributed by atoms with Gasteiger partial charge in [0.05, 0.1) is 18.7 Å². The predicted octanol–water partition coefficient (Wildman–Crippen LogP) is 4.88. The molecule has 5 rings (SSSR count). The van der Waals surface area contributed by atoms with Gasteiger partial charge in [0.25, 0.3) is 5.91 Å². The quantitative estimate of drug-likeness (QED) is 0.439. The van der Waals surface area contributed by atoms with Gasteiger partial charge in [-0.3, -0.25) is 14.8 Å². The van der Waals surface area contributed by atoms with Crippen LogP contribution in [0.3, 0.4) is 0 Å². The van der Waals surface area contributed by atoms with Gasteiger partial charge in [-0.25, -0.2) is 0 Å². The lowest BCUT2D eigenvalue weighted by molar-refractivity contribution is 0.0737. The number of hydrogen-bond donors (Lipinski definition) is 1. The summed E-state index contributed by atoms with van der Waals surface area (Å²) >= 11 is 0. The molecule has 1 aliphatic heterocycles. The normalized spacial score (nSPS) is 16.1. The van der Waals surface area contributed by atoms with Gasteiger partial charge in [0.2, 0.25) is 0 Å². The van der Waals surface area contributed by atoms with Gasteiger partial charge >= 0.3 is 0 Å². The highest BCUT2D eigenvalue weighted by Gasteiger charge is 2.24. The second-order valence-corrected chi connectivity index (χ2v) is 9.12. The molecule has 35 heavy (non-hydrogen) atoms. The smallest absolute Gasteiger partial charge is 0.254 e. The van der Waals surface area contributed by atoms with Crippen molar-refractivity contribution in [2.45, 2.75) is 19.9 Å². The molecule has 1 atom stereocenters. The number of amides is 1. The zero-order valence-electron chi connectivity index (χ0n) is 20.0. The second-order valence-electron chi connectivity index (χ2n) is 9.12. The summed E-state index contributed by atoms with van der Waals surface area (Å²) in [5.74, 6) is 0.272. The van der Waals surface area contributed by atoms with Crippen LogP contribution in [0.1, 0.15) is 27.0 Å². The summed E-state index contributed by atoms with van der Waals surface area (Å²) in [6.07, 6.45) is 6.25. The summed E-state index contributed by atoms with van der Waals surface area (Å²) in [4.78, 5) is 24.0. The van der Waals surface area contributed by atoms with E-state index in [0.717, 1.165) is 28.8 Å². The summed E-state index contributed by atoms with van der Waals surface area (Å²) in [5, 5.41) is 4.64. The first kappa shape index (κ1) is 23.0. The standard InChI is InChI=1S/C29H30N4O2/c1-21-7-8-25(17-28(21)32-18-22-9-12-30-13-10-22)29(34)33-14-15-35-20-23(19-33)16-24-4-2-6-27-26(24)5-3-11-31-27/h2-13,17,23,32H,14-16,18-20H2,1H3. The van der Waals surface area contributed by atoms with Crippen molar-refractivity contribution in [3.05, 3.63) is 102 Å². The number of carbonyl (C=O) groups excluding carboxylic acids is 1. The number of aryl methyl sites for hydroxylation is 1. The van der Waals surface area contributed by atoms with E-state index in [1.165, 1.54) is 10.9 Å². The number of pyridine rings is 2. The fraction of sp³-hybridized carbons (Fsp3) is 0.276. The monoisotopic (exact) mass is 466 g/mol. The molecule has 0 aliphatic carbocycles. The maximum Gasteiger partial charge on any atom is 0.254 e. The third-order valence-corrected chi connectivity index (χ3v) is 6.59.